The second kappa shape index (κ2) is 8.48. The SMILES string of the molecule is COc1ccc(C(=O)CSc2nnnn2Cc2ccccc2)cc1OC. The maximum Gasteiger partial charge on any atom is 0.210 e. The summed E-state index contributed by atoms with van der Waals surface area (Å²) in [6, 6.07) is 15.0. The maximum absolute atomic E-state index is 12.5. The molecule has 134 valence electrons. The molecule has 0 saturated carbocycles. The Bertz CT molecular complexity index is 883. The highest BCUT2D eigenvalue weighted by molar-refractivity contribution is 7.99. The van der Waals surface area contributed by atoms with E-state index in [1.54, 1.807) is 37.1 Å². The Labute approximate surface area is 155 Å². The molecule has 1 heterocycles. The zero-order valence-corrected chi connectivity index (χ0v) is 15.3. The van der Waals surface area contributed by atoms with Crippen molar-refractivity contribution in [2.24, 2.45) is 0 Å². The minimum atomic E-state index is -0.0368. The summed E-state index contributed by atoms with van der Waals surface area (Å²) >= 11 is 1.30. The average molecular weight is 370 g/mol. The Morgan fingerprint density at radius 3 is 2.58 bits per heavy atom. The van der Waals surface area contributed by atoms with Crippen LogP contribution in [0.1, 0.15) is 15.9 Å². The zero-order valence-electron chi connectivity index (χ0n) is 14.5. The van der Waals surface area contributed by atoms with Crippen molar-refractivity contribution in [3.8, 4) is 11.5 Å². The van der Waals surface area contributed by atoms with E-state index in [1.165, 1.54) is 11.8 Å². The highest BCUT2D eigenvalue weighted by Gasteiger charge is 2.14. The molecule has 0 aliphatic carbocycles. The summed E-state index contributed by atoms with van der Waals surface area (Å²) < 4.78 is 12.1. The molecule has 3 rings (SSSR count). The van der Waals surface area contributed by atoms with Crippen molar-refractivity contribution in [1.82, 2.24) is 20.2 Å². The Kier molecular flexibility index (Phi) is 5.85. The molecule has 3 aromatic rings. The van der Waals surface area contributed by atoms with Gasteiger partial charge in [0.1, 0.15) is 0 Å². The van der Waals surface area contributed by atoms with E-state index < -0.39 is 0 Å². The van der Waals surface area contributed by atoms with Gasteiger partial charge in [-0.1, -0.05) is 42.1 Å². The number of aromatic nitrogens is 4. The Morgan fingerprint density at radius 1 is 1.08 bits per heavy atom. The lowest BCUT2D eigenvalue weighted by Crippen LogP contribution is -2.07. The summed E-state index contributed by atoms with van der Waals surface area (Å²) in [7, 11) is 3.10. The van der Waals surface area contributed by atoms with E-state index in [4.69, 9.17) is 9.47 Å². The third-order valence-electron chi connectivity index (χ3n) is 3.71. The zero-order chi connectivity index (χ0) is 18.4. The van der Waals surface area contributed by atoms with Gasteiger partial charge in [-0.2, -0.15) is 0 Å². The van der Waals surface area contributed by atoms with E-state index in [0.29, 0.717) is 28.8 Å². The summed E-state index contributed by atoms with van der Waals surface area (Å²) in [5.74, 6) is 1.30. The lowest BCUT2D eigenvalue weighted by molar-refractivity contribution is 0.102. The van der Waals surface area contributed by atoms with Gasteiger partial charge in [0.05, 0.1) is 26.5 Å². The molecule has 7 nitrogen and oxygen atoms in total. The summed E-state index contributed by atoms with van der Waals surface area (Å²) in [6.45, 7) is 0.556. The van der Waals surface area contributed by atoms with Crippen LogP contribution in [0.3, 0.4) is 0 Å². The van der Waals surface area contributed by atoms with Gasteiger partial charge in [-0.15, -0.1) is 5.10 Å². The van der Waals surface area contributed by atoms with Crippen molar-refractivity contribution in [3.63, 3.8) is 0 Å². The maximum atomic E-state index is 12.5. The van der Waals surface area contributed by atoms with Crippen molar-refractivity contribution in [3.05, 3.63) is 59.7 Å². The molecule has 2 aromatic carbocycles. The first-order valence-corrected chi connectivity index (χ1v) is 8.88. The standard InChI is InChI=1S/C18H18N4O3S/c1-24-16-9-8-14(10-17(16)25-2)15(23)12-26-18-19-20-21-22(18)11-13-6-4-3-5-7-13/h3-10H,11-12H2,1-2H3. The molecule has 0 atom stereocenters. The number of carbonyl (C=O) groups is 1. The van der Waals surface area contributed by atoms with E-state index in [0.717, 1.165) is 5.56 Å². The number of tetrazole rings is 1. The molecule has 0 radical (unpaired) electrons. The quantitative estimate of drug-likeness (QED) is 0.445. The van der Waals surface area contributed by atoms with Crippen LogP contribution >= 0.6 is 11.8 Å². The lowest BCUT2D eigenvalue weighted by atomic mass is 10.1. The van der Waals surface area contributed by atoms with Crippen molar-refractivity contribution < 1.29 is 14.3 Å². The monoisotopic (exact) mass is 370 g/mol. The molecular formula is C18H18N4O3S. The van der Waals surface area contributed by atoms with Crippen LogP contribution in [0.2, 0.25) is 0 Å². The van der Waals surface area contributed by atoms with E-state index in [2.05, 4.69) is 15.5 Å². The minimum Gasteiger partial charge on any atom is -0.493 e. The van der Waals surface area contributed by atoms with Crippen LogP contribution in [0.5, 0.6) is 11.5 Å². The van der Waals surface area contributed by atoms with Crippen LogP contribution in [-0.2, 0) is 6.54 Å². The van der Waals surface area contributed by atoms with Gasteiger partial charge in [-0.25, -0.2) is 4.68 Å². The van der Waals surface area contributed by atoms with Gasteiger partial charge in [0.15, 0.2) is 17.3 Å². The molecule has 0 unspecified atom stereocenters. The molecule has 0 bridgehead atoms. The van der Waals surface area contributed by atoms with Crippen molar-refractivity contribution >= 4 is 17.5 Å². The Balaban J connectivity index is 1.66. The third-order valence-corrected chi connectivity index (χ3v) is 4.67. The summed E-state index contributed by atoms with van der Waals surface area (Å²) in [5, 5.41) is 12.3. The van der Waals surface area contributed by atoms with Crippen LogP contribution in [0, 0.1) is 0 Å². The number of rotatable bonds is 8. The molecule has 0 amide bonds. The first-order valence-electron chi connectivity index (χ1n) is 7.89. The molecule has 8 heteroatoms. The van der Waals surface area contributed by atoms with Crippen molar-refractivity contribution in [1.29, 1.82) is 0 Å². The highest BCUT2D eigenvalue weighted by Crippen LogP contribution is 2.28. The van der Waals surface area contributed by atoms with Crippen LogP contribution < -0.4 is 9.47 Å². The number of ether oxygens (including phenoxy) is 2. The van der Waals surface area contributed by atoms with Gasteiger partial charge in [-0.3, -0.25) is 4.79 Å². The fourth-order valence-corrected chi connectivity index (χ4v) is 3.15. The Hall–Kier alpha value is -2.87. The second-order valence-corrected chi connectivity index (χ2v) is 6.33. The van der Waals surface area contributed by atoms with Gasteiger partial charge in [-0.05, 0) is 34.2 Å². The summed E-state index contributed by atoms with van der Waals surface area (Å²) in [5.41, 5.74) is 1.64. The van der Waals surface area contributed by atoms with E-state index in [1.807, 2.05) is 30.3 Å². The van der Waals surface area contributed by atoms with Crippen LogP contribution in [-0.4, -0.2) is 46.0 Å². The summed E-state index contributed by atoms with van der Waals surface area (Å²) in [6.07, 6.45) is 0. The van der Waals surface area contributed by atoms with E-state index in [9.17, 15) is 4.79 Å². The molecule has 0 N–H and O–H groups in total. The molecule has 1 aromatic heterocycles. The highest BCUT2D eigenvalue weighted by atomic mass is 32.2. The van der Waals surface area contributed by atoms with Gasteiger partial charge in [0.25, 0.3) is 0 Å². The van der Waals surface area contributed by atoms with Crippen molar-refractivity contribution in [2.75, 3.05) is 20.0 Å². The number of benzene rings is 2. The molecule has 0 saturated heterocycles. The molecule has 0 aliphatic heterocycles. The third kappa shape index (κ3) is 4.20. The van der Waals surface area contributed by atoms with Crippen LogP contribution in [0.4, 0.5) is 0 Å². The number of thioether (sulfide) groups is 1. The summed E-state index contributed by atoms with van der Waals surface area (Å²) in [4.78, 5) is 12.5. The predicted octanol–water partition coefficient (Wildman–Crippen LogP) is 2.71. The number of methoxy groups -OCH3 is 2. The topological polar surface area (TPSA) is 79.1 Å². The molecule has 0 fully saturated rings. The number of carbonyl (C=O) groups excluding carboxylic acids is 1. The van der Waals surface area contributed by atoms with Gasteiger partial charge < -0.3 is 9.47 Å². The van der Waals surface area contributed by atoms with Gasteiger partial charge in [0.2, 0.25) is 5.16 Å². The molecule has 0 aliphatic rings. The molecular weight excluding hydrogens is 352 g/mol. The molecule has 26 heavy (non-hydrogen) atoms. The lowest BCUT2D eigenvalue weighted by Gasteiger charge is -2.09. The van der Waals surface area contributed by atoms with Gasteiger partial charge >= 0.3 is 0 Å². The molecule has 0 spiro atoms. The number of Topliss-reactive ketones (excluding diaryl/α,β-unsaturated/α-hetero) is 1. The first-order chi connectivity index (χ1) is 12.7. The normalized spacial score (nSPS) is 10.5. The average Bonchev–Trinajstić information content (AvgIpc) is 3.13. The predicted molar refractivity (Wildman–Crippen MR) is 98.0 cm³/mol. The fourth-order valence-electron chi connectivity index (χ4n) is 2.38. The van der Waals surface area contributed by atoms with Gasteiger partial charge in [0, 0.05) is 5.56 Å². The van der Waals surface area contributed by atoms with E-state index >= 15 is 0 Å². The number of hydrogen-bond donors (Lipinski definition) is 0. The first kappa shape index (κ1) is 17.9. The largest absolute Gasteiger partial charge is 0.493 e. The van der Waals surface area contributed by atoms with Crippen LogP contribution in [0.15, 0.2) is 53.7 Å². The van der Waals surface area contributed by atoms with Crippen LogP contribution in [0.25, 0.3) is 0 Å². The number of nitrogens with zero attached hydrogens (tertiary/aromatic N) is 4. The Morgan fingerprint density at radius 2 is 1.85 bits per heavy atom. The fraction of sp³-hybridized carbons (Fsp3) is 0.222. The van der Waals surface area contributed by atoms with Crippen molar-refractivity contribution in [2.45, 2.75) is 11.7 Å². The van der Waals surface area contributed by atoms with E-state index in [-0.39, 0.29) is 11.5 Å². The number of hydrogen-bond acceptors (Lipinski definition) is 7. The minimum absolute atomic E-state index is 0.0368. The smallest absolute Gasteiger partial charge is 0.210 e. The second-order valence-electron chi connectivity index (χ2n) is 5.39. The number of ketones is 1.